The van der Waals surface area contributed by atoms with E-state index in [0.29, 0.717) is 28.2 Å². The second kappa shape index (κ2) is 6.46. The number of hydrogen-bond donors (Lipinski definition) is 0. The van der Waals surface area contributed by atoms with Crippen molar-refractivity contribution in [1.29, 1.82) is 0 Å². The van der Waals surface area contributed by atoms with Crippen molar-refractivity contribution in [3.63, 3.8) is 0 Å². The Morgan fingerprint density at radius 3 is 2.70 bits per heavy atom. The van der Waals surface area contributed by atoms with E-state index in [1.165, 1.54) is 0 Å². The average Bonchev–Trinajstić information content (AvgIpc) is 2.72. The first kappa shape index (κ1) is 15.8. The summed E-state index contributed by atoms with van der Waals surface area (Å²) in [4.78, 5) is 5.33. The SMILES string of the molecule is CCOc1cc(Cl)c(CSC2=NOC(C)(C)C2)cc1Cl. The highest BCUT2D eigenvalue weighted by Gasteiger charge is 2.29. The summed E-state index contributed by atoms with van der Waals surface area (Å²) in [7, 11) is 0. The first-order chi connectivity index (χ1) is 9.41. The topological polar surface area (TPSA) is 30.8 Å². The molecule has 20 heavy (non-hydrogen) atoms. The van der Waals surface area contributed by atoms with Crippen molar-refractivity contribution >= 4 is 40.0 Å². The molecule has 0 aromatic heterocycles. The molecule has 0 saturated carbocycles. The van der Waals surface area contributed by atoms with Gasteiger partial charge >= 0.3 is 0 Å². The van der Waals surface area contributed by atoms with Gasteiger partial charge in [-0.05, 0) is 32.4 Å². The van der Waals surface area contributed by atoms with Crippen LogP contribution < -0.4 is 4.74 Å². The summed E-state index contributed by atoms with van der Waals surface area (Å²) in [5, 5.41) is 6.30. The van der Waals surface area contributed by atoms with Crippen molar-refractivity contribution in [2.45, 2.75) is 38.5 Å². The number of hydrogen-bond acceptors (Lipinski definition) is 4. The number of benzene rings is 1. The lowest BCUT2D eigenvalue weighted by Crippen LogP contribution is -2.18. The summed E-state index contributed by atoms with van der Waals surface area (Å²) < 4.78 is 5.41. The van der Waals surface area contributed by atoms with Crippen LogP contribution in [0.2, 0.25) is 10.0 Å². The van der Waals surface area contributed by atoms with E-state index in [0.717, 1.165) is 17.0 Å². The van der Waals surface area contributed by atoms with Crippen molar-refractivity contribution in [2.24, 2.45) is 5.16 Å². The van der Waals surface area contributed by atoms with E-state index in [9.17, 15) is 0 Å². The van der Waals surface area contributed by atoms with Crippen LogP contribution in [0.25, 0.3) is 0 Å². The first-order valence-electron chi connectivity index (χ1n) is 6.40. The lowest BCUT2D eigenvalue weighted by atomic mass is 10.1. The predicted molar refractivity (Wildman–Crippen MR) is 86.1 cm³/mol. The summed E-state index contributed by atoms with van der Waals surface area (Å²) in [5.41, 5.74) is 0.764. The van der Waals surface area contributed by atoms with Gasteiger partial charge in [0.2, 0.25) is 0 Å². The molecule has 1 heterocycles. The van der Waals surface area contributed by atoms with Crippen LogP contribution in [0.4, 0.5) is 0 Å². The molecule has 0 radical (unpaired) electrons. The minimum Gasteiger partial charge on any atom is -0.492 e. The molecule has 1 aliphatic heterocycles. The van der Waals surface area contributed by atoms with E-state index in [1.54, 1.807) is 17.8 Å². The quantitative estimate of drug-likeness (QED) is 0.764. The molecule has 3 nitrogen and oxygen atoms in total. The number of ether oxygens (including phenoxy) is 1. The monoisotopic (exact) mass is 333 g/mol. The third-order valence-electron chi connectivity index (χ3n) is 2.77. The molecule has 6 heteroatoms. The van der Waals surface area contributed by atoms with Gasteiger partial charge < -0.3 is 9.57 Å². The normalized spacial score (nSPS) is 16.8. The molecule has 0 unspecified atom stereocenters. The van der Waals surface area contributed by atoms with Crippen LogP contribution >= 0.6 is 35.0 Å². The molecule has 0 saturated heterocycles. The number of halogens is 2. The molecule has 1 aromatic rings. The van der Waals surface area contributed by atoms with Crippen LogP contribution in [0.1, 0.15) is 32.8 Å². The number of nitrogens with zero attached hydrogens (tertiary/aromatic N) is 1. The van der Waals surface area contributed by atoms with E-state index in [-0.39, 0.29) is 5.60 Å². The Kier molecular flexibility index (Phi) is 5.10. The Bertz CT molecular complexity index is 532. The fraction of sp³-hybridized carbons (Fsp3) is 0.500. The molecule has 0 fully saturated rings. The Labute approximate surface area is 133 Å². The molecule has 1 aromatic carbocycles. The van der Waals surface area contributed by atoms with Crippen LogP contribution in [-0.2, 0) is 10.6 Å². The second-order valence-corrected chi connectivity index (χ2v) is 6.97. The molecule has 0 bridgehead atoms. The van der Waals surface area contributed by atoms with Crippen molar-refractivity contribution in [3.05, 3.63) is 27.7 Å². The summed E-state index contributed by atoms with van der Waals surface area (Å²) in [6.45, 7) is 6.51. The number of rotatable bonds is 4. The molecule has 1 aliphatic rings. The molecular formula is C14H17Cl2NO2S. The highest BCUT2D eigenvalue weighted by Crippen LogP contribution is 2.35. The Balaban J connectivity index is 2.02. The van der Waals surface area contributed by atoms with Crippen LogP contribution in [-0.4, -0.2) is 17.3 Å². The molecular weight excluding hydrogens is 317 g/mol. The third-order valence-corrected chi connectivity index (χ3v) is 4.42. The highest BCUT2D eigenvalue weighted by atomic mass is 35.5. The Hall–Kier alpha value is -0.580. The van der Waals surface area contributed by atoms with Gasteiger partial charge in [0.25, 0.3) is 0 Å². The summed E-state index contributed by atoms with van der Waals surface area (Å²) >= 11 is 14.1. The van der Waals surface area contributed by atoms with Gasteiger partial charge in [-0.25, -0.2) is 0 Å². The third kappa shape index (κ3) is 3.96. The van der Waals surface area contributed by atoms with Crippen molar-refractivity contribution in [2.75, 3.05) is 6.61 Å². The van der Waals surface area contributed by atoms with Gasteiger partial charge in [0.1, 0.15) is 16.4 Å². The van der Waals surface area contributed by atoms with Crippen molar-refractivity contribution in [3.8, 4) is 5.75 Å². The Morgan fingerprint density at radius 1 is 1.35 bits per heavy atom. The van der Waals surface area contributed by atoms with Crippen LogP contribution in [0.3, 0.4) is 0 Å². The highest BCUT2D eigenvalue weighted by molar-refractivity contribution is 8.13. The lowest BCUT2D eigenvalue weighted by Gasteiger charge is -2.13. The van der Waals surface area contributed by atoms with Crippen LogP contribution in [0.15, 0.2) is 17.3 Å². The summed E-state index contributed by atoms with van der Waals surface area (Å²) in [6, 6.07) is 3.61. The maximum atomic E-state index is 6.26. The largest absolute Gasteiger partial charge is 0.492 e. The van der Waals surface area contributed by atoms with Gasteiger partial charge in [-0.2, -0.15) is 0 Å². The van der Waals surface area contributed by atoms with E-state index < -0.39 is 0 Å². The van der Waals surface area contributed by atoms with E-state index in [2.05, 4.69) is 5.16 Å². The average molecular weight is 334 g/mol. The standard InChI is InChI=1S/C14H17Cl2NO2S/c1-4-18-12-6-10(15)9(5-11(12)16)8-20-13-7-14(2,3)19-17-13/h5-6H,4,7-8H2,1-3H3. The van der Waals surface area contributed by atoms with E-state index >= 15 is 0 Å². The fourth-order valence-corrected chi connectivity index (χ4v) is 3.43. The second-order valence-electron chi connectivity index (χ2n) is 5.11. The molecule has 0 aliphatic carbocycles. The molecule has 0 spiro atoms. The zero-order valence-electron chi connectivity index (χ0n) is 11.7. The van der Waals surface area contributed by atoms with Crippen LogP contribution in [0, 0.1) is 0 Å². The smallest absolute Gasteiger partial charge is 0.139 e. The maximum Gasteiger partial charge on any atom is 0.139 e. The van der Waals surface area contributed by atoms with Crippen molar-refractivity contribution < 1.29 is 9.57 Å². The van der Waals surface area contributed by atoms with Crippen LogP contribution in [0.5, 0.6) is 5.75 Å². The molecule has 110 valence electrons. The Morgan fingerprint density at radius 2 is 2.10 bits per heavy atom. The predicted octanol–water partition coefficient (Wildman–Crippen LogP) is 5.14. The molecule has 2 rings (SSSR count). The zero-order chi connectivity index (χ0) is 14.8. The number of oxime groups is 1. The fourth-order valence-electron chi connectivity index (χ4n) is 1.79. The van der Waals surface area contributed by atoms with Gasteiger partial charge in [-0.3, -0.25) is 0 Å². The molecule has 0 amide bonds. The summed E-state index contributed by atoms with van der Waals surface area (Å²) in [6.07, 6.45) is 0.819. The van der Waals surface area contributed by atoms with Gasteiger partial charge in [0.05, 0.1) is 11.6 Å². The van der Waals surface area contributed by atoms with Gasteiger partial charge in [-0.15, -0.1) is 11.8 Å². The van der Waals surface area contributed by atoms with E-state index in [1.807, 2.05) is 26.8 Å². The van der Waals surface area contributed by atoms with Gasteiger partial charge in [0.15, 0.2) is 0 Å². The summed E-state index contributed by atoms with van der Waals surface area (Å²) in [5.74, 6) is 1.33. The minimum absolute atomic E-state index is 0.206. The number of thioether (sulfide) groups is 1. The maximum absolute atomic E-state index is 6.26. The lowest BCUT2D eigenvalue weighted by molar-refractivity contribution is 0.0123. The van der Waals surface area contributed by atoms with Gasteiger partial charge in [-0.1, -0.05) is 28.4 Å². The molecule has 0 atom stereocenters. The zero-order valence-corrected chi connectivity index (χ0v) is 14.0. The first-order valence-corrected chi connectivity index (χ1v) is 8.14. The minimum atomic E-state index is -0.206. The van der Waals surface area contributed by atoms with E-state index in [4.69, 9.17) is 32.8 Å². The van der Waals surface area contributed by atoms with Gasteiger partial charge in [0, 0.05) is 23.3 Å². The molecule has 0 N–H and O–H groups in total. The van der Waals surface area contributed by atoms with Crippen molar-refractivity contribution in [1.82, 2.24) is 0 Å².